The van der Waals surface area contributed by atoms with Crippen LogP contribution in [0.15, 0.2) is 24.3 Å². The lowest BCUT2D eigenvalue weighted by molar-refractivity contribution is -0.122. The van der Waals surface area contributed by atoms with Gasteiger partial charge in [0.05, 0.1) is 12.7 Å². The molecule has 1 atom stereocenters. The highest BCUT2D eigenvalue weighted by atomic mass is 16.5. The second-order valence-electron chi connectivity index (χ2n) is 4.81. The summed E-state index contributed by atoms with van der Waals surface area (Å²) in [6, 6.07) is 8.34. The molecule has 0 bridgehead atoms. The first-order valence-electron chi connectivity index (χ1n) is 6.74. The predicted molar refractivity (Wildman–Crippen MR) is 71.3 cm³/mol. The molecule has 18 heavy (non-hydrogen) atoms. The first kappa shape index (κ1) is 13.1. The molecule has 0 radical (unpaired) electrons. The number of carbonyl (C=O) groups excluding carboxylic acids is 1. The van der Waals surface area contributed by atoms with Crippen molar-refractivity contribution in [1.82, 2.24) is 5.32 Å². The fourth-order valence-corrected chi connectivity index (χ4v) is 2.19. The van der Waals surface area contributed by atoms with Gasteiger partial charge in [0.25, 0.3) is 0 Å². The van der Waals surface area contributed by atoms with Crippen LogP contribution in [-0.2, 0) is 22.6 Å². The number of rotatable bonds is 5. The summed E-state index contributed by atoms with van der Waals surface area (Å²) in [5.74, 6) is 0.138. The normalized spacial score (nSPS) is 18.2. The third-order valence-corrected chi connectivity index (χ3v) is 3.32. The Balaban J connectivity index is 1.78. The zero-order valence-corrected chi connectivity index (χ0v) is 10.9. The van der Waals surface area contributed by atoms with Crippen molar-refractivity contribution < 1.29 is 9.53 Å². The lowest BCUT2D eigenvalue weighted by Crippen LogP contribution is -2.36. The number of carbonyl (C=O) groups is 1. The molecule has 1 aromatic rings. The number of hydrogen-bond donors (Lipinski definition) is 1. The maximum atomic E-state index is 11.5. The van der Waals surface area contributed by atoms with Gasteiger partial charge in [-0.1, -0.05) is 37.6 Å². The van der Waals surface area contributed by atoms with E-state index in [1.54, 1.807) is 0 Å². The van der Waals surface area contributed by atoms with E-state index in [9.17, 15) is 4.79 Å². The van der Waals surface area contributed by atoms with Crippen molar-refractivity contribution in [2.24, 2.45) is 0 Å². The SMILES string of the molecule is CCCCC(=O)NCC1Cc2ccccc2CO1. The van der Waals surface area contributed by atoms with Gasteiger partial charge in [0.1, 0.15) is 0 Å². The van der Waals surface area contributed by atoms with Gasteiger partial charge in [-0.15, -0.1) is 0 Å². The number of nitrogens with one attached hydrogen (secondary N) is 1. The molecule has 98 valence electrons. The van der Waals surface area contributed by atoms with Crippen LogP contribution >= 0.6 is 0 Å². The van der Waals surface area contributed by atoms with Gasteiger partial charge >= 0.3 is 0 Å². The maximum Gasteiger partial charge on any atom is 0.220 e. The van der Waals surface area contributed by atoms with E-state index in [0.717, 1.165) is 19.3 Å². The fourth-order valence-electron chi connectivity index (χ4n) is 2.19. The Labute approximate surface area is 109 Å². The van der Waals surface area contributed by atoms with Crippen molar-refractivity contribution in [3.8, 4) is 0 Å². The molecule has 0 fully saturated rings. The Morgan fingerprint density at radius 1 is 1.39 bits per heavy atom. The average molecular weight is 247 g/mol. The zero-order chi connectivity index (χ0) is 12.8. The molecule has 3 nitrogen and oxygen atoms in total. The molecular formula is C15H21NO2. The molecule has 1 unspecified atom stereocenters. The van der Waals surface area contributed by atoms with Crippen LogP contribution in [-0.4, -0.2) is 18.6 Å². The minimum atomic E-state index is 0.116. The summed E-state index contributed by atoms with van der Waals surface area (Å²) in [4.78, 5) is 11.5. The fraction of sp³-hybridized carbons (Fsp3) is 0.533. The van der Waals surface area contributed by atoms with Crippen LogP contribution < -0.4 is 5.32 Å². The van der Waals surface area contributed by atoms with Crippen LogP contribution in [0, 0.1) is 0 Å². The lowest BCUT2D eigenvalue weighted by atomic mass is 9.99. The molecule has 0 spiro atoms. The standard InChI is InChI=1S/C15H21NO2/c1-2-3-8-15(17)16-10-14-9-12-6-4-5-7-13(12)11-18-14/h4-7,14H,2-3,8-11H2,1H3,(H,16,17). The Morgan fingerprint density at radius 2 is 2.17 bits per heavy atom. The van der Waals surface area contributed by atoms with E-state index in [4.69, 9.17) is 4.74 Å². The van der Waals surface area contributed by atoms with Gasteiger partial charge in [-0.3, -0.25) is 4.79 Å². The second kappa shape index (κ2) is 6.55. The van der Waals surface area contributed by atoms with Crippen LogP contribution in [0.1, 0.15) is 37.3 Å². The molecule has 2 rings (SSSR count). The van der Waals surface area contributed by atoms with Gasteiger partial charge in [-0.2, -0.15) is 0 Å². The van der Waals surface area contributed by atoms with Crippen LogP contribution in [0.3, 0.4) is 0 Å². The molecule has 1 aliphatic heterocycles. The molecule has 0 saturated heterocycles. The monoisotopic (exact) mass is 247 g/mol. The minimum Gasteiger partial charge on any atom is -0.371 e. The highest BCUT2D eigenvalue weighted by Gasteiger charge is 2.18. The van der Waals surface area contributed by atoms with E-state index < -0.39 is 0 Å². The van der Waals surface area contributed by atoms with Gasteiger partial charge in [0.15, 0.2) is 0 Å². The Hall–Kier alpha value is -1.35. The summed E-state index contributed by atoms with van der Waals surface area (Å²) >= 11 is 0. The number of benzene rings is 1. The van der Waals surface area contributed by atoms with Crippen LogP contribution in [0.2, 0.25) is 0 Å². The van der Waals surface area contributed by atoms with Gasteiger partial charge in [0.2, 0.25) is 5.91 Å². The van der Waals surface area contributed by atoms with Gasteiger partial charge in [0, 0.05) is 19.4 Å². The largest absolute Gasteiger partial charge is 0.371 e. The highest BCUT2D eigenvalue weighted by Crippen LogP contribution is 2.19. The predicted octanol–water partition coefficient (Wildman–Crippen LogP) is 2.43. The van der Waals surface area contributed by atoms with E-state index in [2.05, 4.69) is 30.4 Å². The Bertz CT molecular complexity index is 403. The third kappa shape index (κ3) is 3.57. The maximum absolute atomic E-state index is 11.5. The Morgan fingerprint density at radius 3 is 2.94 bits per heavy atom. The summed E-state index contributed by atoms with van der Waals surface area (Å²) in [7, 11) is 0. The summed E-state index contributed by atoms with van der Waals surface area (Å²) in [6.45, 7) is 3.37. The molecule has 1 heterocycles. The smallest absolute Gasteiger partial charge is 0.220 e. The van der Waals surface area contributed by atoms with Crippen molar-refractivity contribution in [1.29, 1.82) is 0 Å². The van der Waals surface area contributed by atoms with Crippen molar-refractivity contribution >= 4 is 5.91 Å². The van der Waals surface area contributed by atoms with E-state index in [0.29, 0.717) is 19.6 Å². The molecule has 0 saturated carbocycles. The summed E-state index contributed by atoms with van der Waals surface area (Å²) in [5, 5.41) is 2.95. The van der Waals surface area contributed by atoms with E-state index in [1.165, 1.54) is 11.1 Å². The average Bonchev–Trinajstić information content (AvgIpc) is 2.42. The van der Waals surface area contributed by atoms with Crippen molar-refractivity contribution in [2.75, 3.05) is 6.54 Å². The number of fused-ring (bicyclic) bond motifs is 1. The quantitative estimate of drug-likeness (QED) is 0.868. The van der Waals surface area contributed by atoms with Crippen molar-refractivity contribution in [2.45, 2.75) is 45.3 Å². The van der Waals surface area contributed by atoms with Crippen LogP contribution in [0.25, 0.3) is 0 Å². The highest BCUT2D eigenvalue weighted by molar-refractivity contribution is 5.75. The van der Waals surface area contributed by atoms with Crippen LogP contribution in [0.4, 0.5) is 0 Å². The first-order chi connectivity index (χ1) is 8.79. The van der Waals surface area contributed by atoms with Gasteiger partial charge < -0.3 is 10.1 Å². The van der Waals surface area contributed by atoms with Crippen molar-refractivity contribution in [3.05, 3.63) is 35.4 Å². The summed E-state index contributed by atoms with van der Waals surface area (Å²) in [5.41, 5.74) is 2.61. The summed E-state index contributed by atoms with van der Waals surface area (Å²) in [6.07, 6.45) is 3.65. The molecule has 0 aromatic heterocycles. The zero-order valence-electron chi connectivity index (χ0n) is 10.9. The first-order valence-corrected chi connectivity index (χ1v) is 6.74. The minimum absolute atomic E-state index is 0.116. The van der Waals surface area contributed by atoms with Crippen LogP contribution in [0.5, 0.6) is 0 Å². The van der Waals surface area contributed by atoms with Gasteiger partial charge in [-0.25, -0.2) is 0 Å². The molecule has 1 N–H and O–H groups in total. The Kier molecular flexibility index (Phi) is 4.76. The molecule has 1 aliphatic rings. The molecule has 3 heteroatoms. The number of hydrogen-bond acceptors (Lipinski definition) is 2. The molecule has 1 aromatic carbocycles. The lowest BCUT2D eigenvalue weighted by Gasteiger charge is -2.25. The second-order valence-corrected chi connectivity index (χ2v) is 4.81. The molecule has 0 aliphatic carbocycles. The molecular weight excluding hydrogens is 226 g/mol. The third-order valence-electron chi connectivity index (χ3n) is 3.32. The van der Waals surface area contributed by atoms with Crippen molar-refractivity contribution in [3.63, 3.8) is 0 Å². The number of unbranched alkanes of at least 4 members (excludes halogenated alkanes) is 1. The molecule has 1 amide bonds. The summed E-state index contributed by atoms with van der Waals surface area (Å²) < 4.78 is 5.74. The topological polar surface area (TPSA) is 38.3 Å². The van der Waals surface area contributed by atoms with E-state index >= 15 is 0 Å². The van der Waals surface area contributed by atoms with Gasteiger partial charge in [-0.05, 0) is 17.5 Å². The van der Waals surface area contributed by atoms with E-state index in [-0.39, 0.29) is 12.0 Å². The number of ether oxygens (including phenoxy) is 1. The van der Waals surface area contributed by atoms with E-state index in [1.807, 2.05) is 6.07 Å². The number of amides is 1.